The van der Waals surface area contributed by atoms with E-state index >= 15 is 0 Å². The van der Waals surface area contributed by atoms with Gasteiger partial charge in [0.2, 0.25) is 0 Å². The molecule has 1 aliphatic heterocycles. The molecule has 5 nitrogen and oxygen atoms in total. The van der Waals surface area contributed by atoms with Crippen molar-refractivity contribution in [2.24, 2.45) is 5.73 Å². The highest BCUT2D eigenvalue weighted by molar-refractivity contribution is 7.92. The number of hydrogen-bond donors (Lipinski definition) is 1. The molecule has 2 atom stereocenters. The number of rotatable bonds is 5. The summed E-state index contributed by atoms with van der Waals surface area (Å²) in [6.07, 6.45) is 1.26. The third-order valence-electron chi connectivity index (χ3n) is 5.78. The van der Waals surface area contributed by atoms with Gasteiger partial charge in [0.15, 0.2) is 0 Å². The standard InChI is InChI=1S/C26H26ClFN2O3S/c1-16-6-4-7-20(12-16)34(31,32)30-15-25(18(3)29)33-24-11-10-19(14-23(24)30)13-17(2)26-21(27)8-5-9-22(26)28/h4-14,18,25H,15,29H2,1-3H3/b17-13+/t18-,25?/m1/s1. The van der Waals surface area contributed by atoms with Crippen molar-refractivity contribution in [3.63, 3.8) is 0 Å². The summed E-state index contributed by atoms with van der Waals surface area (Å²) in [6.45, 7) is 5.46. The minimum atomic E-state index is -3.88. The quantitative estimate of drug-likeness (QED) is 0.459. The minimum Gasteiger partial charge on any atom is -0.485 e. The van der Waals surface area contributed by atoms with E-state index in [1.54, 1.807) is 68.5 Å². The third kappa shape index (κ3) is 4.69. The number of aryl methyl sites for hydroxylation is 1. The molecule has 34 heavy (non-hydrogen) atoms. The number of fused-ring (bicyclic) bond motifs is 1. The van der Waals surface area contributed by atoms with E-state index in [2.05, 4.69) is 0 Å². The fraction of sp³-hybridized carbons (Fsp3) is 0.231. The monoisotopic (exact) mass is 500 g/mol. The first-order chi connectivity index (χ1) is 16.1. The molecular weight excluding hydrogens is 475 g/mol. The Morgan fingerprint density at radius 3 is 2.62 bits per heavy atom. The van der Waals surface area contributed by atoms with Gasteiger partial charge in [-0.25, -0.2) is 12.8 Å². The zero-order valence-corrected chi connectivity index (χ0v) is 20.7. The average molecular weight is 501 g/mol. The largest absolute Gasteiger partial charge is 0.485 e. The number of nitrogens with zero attached hydrogens (tertiary/aromatic N) is 1. The van der Waals surface area contributed by atoms with Gasteiger partial charge in [-0.3, -0.25) is 4.31 Å². The molecule has 1 unspecified atom stereocenters. The first-order valence-electron chi connectivity index (χ1n) is 10.9. The number of nitrogens with two attached hydrogens (primary N) is 1. The van der Waals surface area contributed by atoms with Crippen LogP contribution >= 0.6 is 11.6 Å². The maximum Gasteiger partial charge on any atom is 0.264 e. The Morgan fingerprint density at radius 2 is 1.94 bits per heavy atom. The van der Waals surface area contributed by atoms with Gasteiger partial charge in [-0.1, -0.05) is 41.9 Å². The SMILES string of the molecule is C/C(=C\c1ccc2c(c1)N(S(=O)(=O)c1cccc(C)c1)CC([C@@H](C)N)O2)c1c(F)cccc1Cl. The second-order valence-corrected chi connectivity index (χ2v) is 10.8. The molecule has 0 saturated heterocycles. The predicted octanol–water partition coefficient (Wildman–Crippen LogP) is 5.65. The van der Waals surface area contributed by atoms with E-state index in [-0.39, 0.29) is 17.5 Å². The minimum absolute atomic E-state index is 0.0756. The topological polar surface area (TPSA) is 72.6 Å². The first kappa shape index (κ1) is 24.3. The molecule has 3 aromatic carbocycles. The first-order valence-corrected chi connectivity index (χ1v) is 12.7. The van der Waals surface area contributed by atoms with E-state index in [1.807, 2.05) is 13.0 Å². The van der Waals surface area contributed by atoms with Gasteiger partial charge in [0.25, 0.3) is 10.0 Å². The summed E-state index contributed by atoms with van der Waals surface area (Å²) in [5.74, 6) is -0.00512. The van der Waals surface area contributed by atoms with Gasteiger partial charge >= 0.3 is 0 Å². The molecule has 4 rings (SSSR count). The van der Waals surface area contributed by atoms with E-state index in [9.17, 15) is 12.8 Å². The number of halogens is 2. The predicted molar refractivity (Wildman–Crippen MR) is 135 cm³/mol. The van der Waals surface area contributed by atoms with E-state index in [0.29, 0.717) is 33.2 Å². The van der Waals surface area contributed by atoms with Crippen LogP contribution in [0.15, 0.2) is 65.6 Å². The molecule has 0 bridgehead atoms. The smallest absolute Gasteiger partial charge is 0.264 e. The molecule has 1 heterocycles. The Balaban J connectivity index is 1.82. The van der Waals surface area contributed by atoms with E-state index in [1.165, 1.54) is 10.4 Å². The number of benzene rings is 3. The second kappa shape index (κ2) is 9.41. The number of ether oxygens (including phenoxy) is 1. The molecule has 0 aromatic heterocycles. The summed E-state index contributed by atoms with van der Waals surface area (Å²) >= 11 is 6.21. The number of allylic oxidation sites excluding steroid dienone is 1. The van der Waals surface area contributed by atoms with Crippen molar-refractivity contribution in [3.05, 3.63) is 88.2 Å². The van der Waals surface area contributed by atoms with Gasteiger partial charge < -0.3 is 10.5 Å². The fourth-order valence-corrected chi connectivity index (χ4v) is 5.88. The summed E-state index contributed by atoms with van der Waals surface area (Å²) in [5, 5.41) is 0.304. The van der Waals surface area contributed by atoms with Gasteiger partial charge in [-0.15, -0.1) is 0 Å². The molecule has 0 radical (unpaired) electrons. The van der Waals surface area contributed by atoms with Crippen LogP contribution in [0.25, 0.3) is 11.6 Å². The van der Waals surface area contributed by atoms with Gasteiger partial charge in [-0.2, -0.15) is 0 Å². The van der Waals surface area contributed by atoms with Gasteiger partial charge in [0, 0.05) is 11.6 Å². The lowest BCUT2D eigenvalue weighted by Crippen LogP contribution is -2.50. The summed E-state index contributed by atoms with van der Waals surface area (Å²) in [6, 6.07) is 16.1. The Bertz CT molecular complexity index is 1350. The Hall–Kier alpha value is -2.87. The van der Waals surface area contributed by atoms with Crippen LogP contribution < -0.4 is 14.8 Å². The lowest BCUT2D eigenvalue weighted by Gasteiger charge is -2.37. The molecule has 0 fully saturated rings. The molecule has 3 aromatic rings. The van der Waals surface area contributed by atoms with Crippen molar-refractivity contribution >= 4 is 39.0 Å². The van der Waals surface area contributed by atoms with Crippen molar-refractivity contribution in [1.29, 1.82) is 0 Å². The summed E-state index contributed by atoms with van der Waals surface area (Å²) < 4.78 is 49.1. The van der Waals surface area contributed by atoms with Crippen molar-refractivity contribution in [2.75, 3.05) is 10.8 Å². The molecule has 0 aliphatic carbocycles. The van der Waals surface area contributed by atoms with Crippen molar-refractivity contribution in [2.45, 2.75) is 37.8 Å². The highest BCUT2D eigenvalue weighted by Gasteiger charge is 2.36. The average Bonchev–Trinajstić information content (AvgIpc) is 2.78. The second-order valence-electron chi connectivity index (χ2n) is 8.52. The van der Waals surface area contributed by atoms with Crippen LogP contribution in [0.4, 0.5) is 10.1 Å². The summed E-state index contributed by atoms with van der Waals surface area (Å²) in [7, 11) is -3.88. The Morgan fingerprint density at radius 1 is 1.21 bits per heavy atom. The van der Waals surface area contributed by atoms with E-state index in [4.69, 9.17) is 22.1 Å². The fourth-order valence-electron chi connectivity index (χ4n) is 3.98. The molecule has 178 valence electrons. The van der Waals surface area contributed by atoms with Crippen LogP contribution in [0.1, 0.15) is 30.5 Å². The maximum atomic E-state index is 14.4. The molecule has 0 amide bonds. The molecule has 2 N–H and O–H groups in total. The summed E-state index contributed by atoms with van der Waals surface area (Å²) in [4.78, 5) is 0.194. The molecule has 0 spiro atoms. The van der Waals surface area contributed by atoms with Crippen LogP contribution in [0.3, 0.4) is 0 Å². The van der Waals surface area contributed by atoms with Crippen molar-refractivity contribution in [3.8, 4) is 5.75 Å². The van der Waals surface area contributed by atoms with Crippen LogP contribution in [-0.4, -0.2) is 27.1 Å². The summed E-state index contributed by atoms with van der Waals surface area (Å²) in [5.41, 5.74) is 8.92. The van der Waals surface area contributed by atoms with E-state index in [0.717, 1.165) is 5.56 Å². The van der Waals surface area contributed by atoms with Crippen LogP contribution in [0, 0.1) is 12.7 Å². The number of sulfonamides is 1. The van der Waals surface area contributed by atoms with Crippen LogP contribution in [0.5, 0.6) is 5.75 Å². The zero-order valence-electron chi connectivity index (χ0n) is 19.1. The third-order valence-corrected chi connectivity index (χ3v) is 7.87. The van der Waals surface area contributed by atoms with Crippen LogP contribution in [-0.2, 0) is 10.0 Å². The lowest BCUT2D eigenvalue weighted by molar-refractivity contribution is 0.176. The highest BCUT2D eigenvalue weighted by Crippen LogP contribution is 2.39. The van der Waals surface area contributed by atoms with Crippen LogP contribution in [0.2, 0.25) is 5.02 Å². The Kier molecular flexibility index (Phi) is 6.71. The normalized spacial score (nSPS) is 17.2. The zero-order chi connectivity index (χ0) is 24.6. The molecular formula is C26H26ClFN2O3S. The maximum absolute atomic E-state index is 14.4. The lowest BCUT2D eigenvalue weighted by atomic mass is 10.0. The molecule has 0 saturated carbocycles. The number of hydrogen-bond acceptors (Lipinski definition) is 4. The molecule has 8 heteroatoms. The van der Waals surface area contributed by atoms with Gasteiger partial charge in [-0.05, 0) is 73.9 Å². The number of anilines is 1. The Labute approximate surface area is 204 Å². The van der Waals surface area contributed by atoms with Crippen molar-refractivity contribution < 1.29 is 17.5 Å². The molecule has 1 aliphatic rings. The highest BCUT2D eigenvalue weighted by atomic mass is 35.5. The van der Waals surface area contributed by atoms with Crippen molar-refractivity contribution in [1.82, 2.24) is 0 Å². The van der Waals surface area contributed by atoms with E-state index < -0.39 is 21.9 Å². The van der Waals surface area contributed by atoms with Gasteiger partial charge in [0.1, 0.15) is 17.7 Å². The van der Waals surface area contributed by atoms with Gasteiger partial charge in [0.05, 0.1) is 22.2 Å².